The molecule has 1 rings (SSSR count). The standard InChI is InChI=1S/C13H13O2/c1-2-15-13(14)11-7-6-10-12-8-4-3-5-9-12/h3-11H,1-2H2. The van der Waals surface area contributed by atoms with E-state index in [1.807, 2.05) is 36.4 Å². The molecule has 0 atom stereocenters. The first-order chi connectivity index (χ1) is 7.33. The van der Waals surface area contributed by atoms with Crippen molar-refractivity contribution < 1.29 is 9.53 Å². The van der Waals surface area contributed by atoms with Gasteiger partial charge in [-0.1, -0.05) is 48.6 Å². The van der Waals surface area contributed by atoms with E-state index in [1.54, 1.807) is 12.2 Å². The number of ether oxygens (including phenoxy) is 1. The molecule has 0 saturated heterocycles. The normalized spacial score (nSPS) is 11.0. The van der Waals surface area contributed by atoms with Crippen LogP contribution >= 0.6 is 0 Å². The number of esters is 1. The Balaban J connectivity index is 2.43. The molecule has 0 aliphatic rings. The van der Waals surface area contributed by atoms with E-state index in [9.17, 15) is 4.79 Å². The molecule has 1 aromatic carbocycles. The zero-order valence-electron chi connectivity index (χ0n) is 8.43. The van der Waals surface area contributed by atoms with E-state index in [-0.39, 0.29) is 12.6 Å². The summed E-state index contributed by atoms with van der Waals surface area (Å²) in [6.07, 6.45) is 6.71. The fourth-order valence-electron chi connectivity index (χ4n) is 1.01. The number of hydrogen-bond acceptors (Lipinski definition) is 2. The van der Waals surface area contributed by atoms with Crippen LogP contribution in [0.3, 0.4) is 0 Å². The lowest BCUT2D eigenvalue weighted by Crippen LogP contribution is -1.98. The topological polar surface area (TPSA) is 26.3 Å². The smallest absolute Gasteiger partial charge is 0.330 e. The third-order valence-electron chi connectivity index (χ3n) is 1.68. The van der Waals surface area contributed by atoms with Gasteiger partial charge in [0.15, 0.2) is 0 Å². The van der Waals surface area contributed by atoms with E-state index >= 15 is 0 Å². The van der Waals surface area contributed by atoms with E-state index in [4.69, 9.17) is 0 Å². The first-order valence-corrected chi connectivity index (χ1v) is 4.68. The second-order valence-corrected chi connectivity index (χ2v) is 2.80. The van der Waals surface area contributed by atoms with Crippen LogP contribution in [0.25, 0.3) is 6.08 Å². The first-order valence-electron chi connectivity index (χ1n) is 4.68. The fraction of sp³-hybridized carbons (Fsp3) is 0.0769. The highest BCUT2D eigenvalue weighted by Crippen LogP contribution is 2.00. The van der Waals surface area contributed by atoms with Crippen LogP contribution in [0, 0.1) is 6.92 Å². The molecular formula is C13H13O2. The van der Waals surface area contributed by atoms with Crippen LogP contribution < -0.4 is 0 Å². The Morgan fingerprint density at radius 1 is 1.27 bits per heavy atom. The summed E-state index contributed by atoms with van der Waals surface area (Å²) in [5.41, 5.74) is 1.09. The number of carbonyl (C=O) groups is 1. The lowest BCUT2D eigenvalue weighted by molar-refractivity contribution is -0.136. The van der Waals surface area contributed by atoms with Gasteiger partial charge in [-0.25, -0.2) is 4.79 Å². The van der Waals surface area contributed by atoms with Gasteiger partial charge >= 0.3 is 5.97 Å². The Morgan fingerprint density at radius 2 is 2.00 bits per heavy atom. The van der Waals surface area contributed by atoms with Gasteiger partial charge < -0.3 is 4.74 Å². The van der Waals surface area contributed by atoms with Crippen LogP contribution in [0.4, 0.5) is 0 Å². The Morgan fingerprint density at radius 3 is 2.67 bits per heavy atom. The highest BCUT2D eigenvalue weighted by atomic mass is 16.5. The van der Waals surface area contributed by atoms with E-state index < -0.39 is 0 Å². The van der Waals surface area contributed by atoms with Gasteiger partial charge in [-0.05, 0) is 12.5 Å². The van der Waals surface area contributed by atoms with Crippen LogP contribution in [0.15, 0.2) is 48.6 Å². The van der Waals surface area contributed by atoms with Crippen LogP contribution in [0.1, 0.15) is 5.56 Å². The Bertz CT molecular complexity index is 350. The predicted molar refractivity (Wildman–Crippen MR) is 60.9 cm³/mol. The molecule has 0 amide bonds. The third-order valence-corrected chi connectivity index (χ3v) is 1.68. The maximum Gasteiger partial charge on any atom is 0.330 e. The van der Waals surface area contributed by atoms with Gasteiger partial charge in [-0.15, -0.1) is 0 Å². The van der Waals surface area contributed by atoms with E-state index in [0.29, 0.717) is 0 Å². The summed E-state index contributed by atoms with van der Waals surface area (Å²) >= 11 is 0. The second kappa shape index (κ2) is 6.60. The number of carbonyl (C=O) groups excluding carboxylic acids is 1. The first kappa shape index (κ1) is 11.2. The lowest BCUT2D eigenvalue weighted by Gasteiger charge is -1.92. The molecule has 0 heterocycles. The molecule has 0 saturated carbocycles. The van der Waals surface area contributed by atoms with Crippen LogP contribution in [-0.2, 0) is 9.53 Å². The van der Waals surface area contributed by atoms with Crippen molar-refractivity contribution in [2.45, 2.75) is 0 Å². The molecular weight excluding hydrogens is 188 g/mol. The Hall–Kier alpha value is -1.83. The lowest BCUT2D eigenvalue weighted by atomic mass is 10.2. The third kappa shape index (κ3) is 4.81. The maximum atomic E-state index is 10.9. The summed E-state index contributed by atoms with van der Waals surface area (Å²) in [7, 11) is 0. The average Bonchev–Trinajstić information content (AvgIpc) is 2.26. The fourth-order valence-corrected chi connectivity index (χ4v) is 1.01. The molecule has 0 aliphatic carbocycles. The van der Waals surface area contributed by atoms with Crippen LogP contribution in [0.5, 0.6) is 0 Å². The van der Waals surface area contributed by atoms with Gasteiger partial charge in [-0.3, -0.25) is 0 Å². The molecule has 0 aliphatic heterocycles. The minimum atomic E-state index is -0.372. The summed E-state index contributed by atoms with van der Waals surface area (Å²) in [4.78, 5) is 10.9. The summed E-state index contributed by atoms with van der Waals surface area (Å²) in [6.45, 7) is 3.56. The molecule has 0 spiro atoms. The van der Waals surface area contributed by atoms with Gasteiger partial charge in [0.05, 0.1) is 6.61 Å². The molecule has 0 aromatic heterocycles. The molecule has 2 nitrogen and oxygen atoms in total. The zero-order valence-corrected chi connectivity index (χ0v) is 8.43. The van der Waals surface area contributed by atoms with Crippen molar-refractivity contribution in [1.82, 2.24) is 0 Å². The van der Waals surface area contributed by atoms with E-state index in [0.717, 1.165) is 5.56 Å². The van der Waals surface area contributed by atoms with Crippen molar-refractivity contribution in [3.05, 3.63) is 61.0 Å². The van der Waals surface area contributed by atoms with Gasteiger partial charge in [0.25, 0.3) is 0 Å². The molecule has 2 heteroatoms. The Labute approximate surface area is 89.9 Å². The number of benzene rings is 1. The van der Waals surface area contributed by atoms with Gasteiger partial charge in [0.1, 0.15) is 0 Å². The number of rotatable bonds is 4. The van der Waals surface area contributed by atoms with E-state index in [2.05, 4.69) is 11.7 Å². The largest absolute Gasteiger partial charge is 0.463 e. The molecule has 1 radical (unpaired) electrons. The quantitative estimate of drug-likeness (QED) is 0.425. The van der Waals surface area contributed by atoms with Crippen molar-refractivity contribution in [3.8, 4) is 0 Å². The number of allylic oxidation sites excluding steroid dienone is 2. The predicted octanol–water partition coefficient (Wildman–Crippen LogP) is 2.63. The summed E-state index contributed by atoms with van der Waals surface area (Å²) in [6, 6.07) is 9.84. The van der Waals surface area contributed by atoms with E-state index in [1.165, 1.54) is 6.08 Å². The molecule has 0 N–H and O–H groups in total. The van der Waals surface area contributed by atoms with Crippen molar-refractivity contribution in [3.63, 3.8) is 0 Å². The minimum Gasteiger partial charge on any atom is -0.463 e. The summed E-state index contributed by atoms with van der Waals surface area (Å²) in [5, 5.41) is 0. The van der Waals surface area contributed by atoms with Crippen molar-refractivity contribution in [2.24, 2.45) is 0 Å². The maximum absolute atomic E-state index is 10.9. The van der Waals surface area contributed by atoms with Crippen molar-refractivity contribution >= 4 is 12.0 Å². The highest BCUT2D eigenvalue weighted by molar-refractivity contribution is 5.82. The van der Waals surface area contributed by atoms with Crippen LogP contribution in [-0.4, -0.2) is 12.6 Å². The Kier molecular flexibility index (Phi) is 4.95. The van der Waals surface area contributed by atoms with Crippen LogP contribution in [0.2, 0.25) is 0 Å². The molecule has 1 aromatic rings. The second-order valence-electron chi connectivity index (χ2n) is 2.80. The molecule has 15 heavy (non-hydrogen) atoms. The summed E-state index contributed by atoms with van der Waals surface area (Å²) < 4.78 is 4.62. The minimum absolute atomic E-state index is 0.158. The van der Waals surface area contributed by atoms with Crippen molar-refractivity contribution in [1.29, 1.82) is 0 Å². The molecule has 0 unspecified atom stereocenters. The van der Waals surface area contributed by atoms with Gasteiger partial charge in [-0.2, -0.15) is 0 Å². The summed E-state index contributed by atoms with van der Waals surface area (Å²) in [5.74, 6) is -0.372. The highest BCUT2D eigenvalue weighted by Gasteiger charge is 1.90. The van der Waals surface area contributed by atoms with Gasteiger partial charge in [0, 0.05) is 6.08 Å². The SMILES string of the molecule is [CH2]COC(=O)C=CC=Cc1ccccc1. The van der Waals surface area contributed by atoms with Crippen molar-refractivity contribution in [2.75, 3.05) is 6.61 Å². The zero-order chi connectivity index (χ0) is 10.9. The average molecular weight is 201 g/mol. The molecule has 77 valence electrons. The number of hydrogen-bond donors (Lipinski definition) is 0. The van der Waals surface area contributed by atoms with Gasteiger partial charge in [0.2, 0.25) is 0 Å². The molecule has 0 bridgehead atoms. The monoisotopic (exact) mass is 201 g/mol. The molecule has 0 fully saturated rings.